The van der Waals surface area contributed by atoms with Crippen molar-refractivity contribution in [3.05, 3.63) is 69.8 Å². The number of esters is 1. The van der Waals surface area contributed by atoms with E-state index < -0.39 is 5.97 Å². The smallest absolute Gasteiger partial charge is 0.331 e. The van der Waals surface area contributed by atoms with E-state index in [9.17, 15) is 9.59 Å². The van der Waals surface area contributed by atoms with E-state index in [1.807, 2.05) is 32.1 Å². The van der Waals surface area contributed by atoms with Crippen molar-refractivity contribution in [1.82, 2.24) is 0 Å². The molecule has 0 amide bonds. The zero-order valence-electron chi connectivity index (χ0n) is 16.9. The van der Waals surface area contributed by atoms with Gasteiger partial charge < -0.3 is 4.74 Å². The van der Waals surface area contributed by atoms with Gasteiger partial charge in [0.05, 0.1) is 0 Å². The summed E-state index contributed by atoms with van der Waals surface area (Å²) >= 11 is 3.41. The molecule has 4 heteroatoms. The molecule has 0 aromatic heterocycles. The van der Waals surface area contributed by atoms with E-state index in [2.05, 4.69) is 35.0 Å². The van der Waals surface area contributed by atoms with Crippen molar-refractivity contribution < 1.29 is 14.3 Å². The Morgan fingerprint density at radius 1 is 1.14 bits per heavy atom. The highest BCUT2D eigenvalue weighted by atomic mass is 79.9. The fraction of sp³-hybridized carbons (Fsp3) is 0.417. The molecule has 0 aliphatic carbocycles. The predicted molar refractivity (Wildman–Crippen MR) is 117 cm³/mol. The maximum atomic E-state index is 13.2. The minimum absolute atomic E-state index is 0.0550. The van der Waals surface area contributed by atoms with Crippen molar-refractivity contribution in [2.24, 2.45) is 5.92 Å². The lowest BCUT2D eigenvalue weighted by atomic mass is 9.91. The number of cyclic esters (lactones) is 1. The standard InChI is InChI=1S/C24H29BrO3/c1-4-19-16-23(26)28-18(3)9-7-5-6-8-17(2)10-15-22(19)24(27)20-11-13-21(25)14-12-20/h5,7,11-18H,4,6,8-10H2,1-3H3/b7-5+,19-16-,22-15+/t17-,18-/m0/s1. The largest absolute Gasteiger partial charge is 0.459 e. The van der Waals surface area contributed by atoms with Gasteiger partial charge in [-0.2, -0.15) is 0 Å². The van der Waals surface area contributed by atoms with E-state index in [0.717, 1.165) is 29.3 Å². The number of hydrogen-bond acceptors (Lipinski definition) is 3. The van der Waals surface area contributed by atoms with E-state index in [4.69, 9.17) is 4.74 Å². The second-order valence-corrected chi connectivity index (χ2v) is 8.27. The number of carbonyl (C=O) groups excluding carboxylic acids is 2. The molecule has 2 rings (SSSR count). The summed E-state index contributed by atoms with van der Waals surface area (Å²) in [7, 11) is 0. The molecule has 28 heavy (non-hydrogen) atoms. The third-order valence-electron chi connectivity index (χ3n) is 4.87. The lowest BCUT2D eigenvalue weighted by Gasteiger charge is -2.15. The molecule has 0 bridgehead atoms. The lowest BCUT2D eigenvalue weighted by Crippen LogP contribution is -2.14. The Labute approximate surface area is 176 Å². The summed E-state index contributed by atoms with van der Waals surface area (Å²) in [6.45, 7) is 6.05. The fourth-order valence-electron chi connectivity index (χ4n) is 3.14. The van der Waals surface area contributed by atoms with Gasteiger partial charge in [0.25, 0.3) is 0 Å². The van der Waals surface area contributed by atoms with E-state index in [1.54, 1.807) is 12.1 Å². The van der Waals surface area contributed by atoms with Gasteiger partial charge in [-0.25, -0.2) is 4.79 Å². The monoisotopic (exact) mass is 444 g/mol. The molecular weight excluding hydrogens is 416 g/mol. The summed E-state index contributed by atoms with van der Waals surface area (Å²) in [5.74, 6) is 0.0146. The van der Waals surface area contributed by atoms with Crippen LogP contribution in [0.2, 0.25) is 0 Å². The summed E-state index contributed by atoms with van der Waals surface area (Å²) in [4.78, 5) is 25.6. The first-order valence-corrected chi connectivity index (χ1v) is 10.8. The van der Waals surface area contributed by atoms with Crippen molar-refractivity contribution in [1.29, 1.82) is 0 Å². The topological polar surface area (TPSA) is 43.4 Å². The summed E-state index contributed by atoms with van der Waals surface area (Å²) in [5, 5.41) is 0. The van der Waals surface area contributed by atoms with Gasteiger partial charge in [0, 0.05) is 28.1 Å². The summed E-state index contributed by atoms with van der Waals surface area (Å²) in [5.41, 5.74) is 1.95. The number of allylic oxidation sites excluding steroid dienone is 4. The SMILES string of the molecule is CCC1=C/C(=O)O[C@@H](C)C/C=C/CC[C@H](C)C/C=C\1C(=O)c1ccc(Br)cc1. The quantitative estimate of drug-likeness (QED) is 0.299. The molecule has 1 aliphatic rings. The van der Waals surface area contributed by atoms with Gasteiger partial charge in [-0.05, 0) is 68.4 Å². The third kappa shape index (κ3) is 6.90. The van der Waals surface area contributed by atoms with Crippen LogP contribution in [0, 0.1) is 5.92 Å². The molecule has 0 radical (unpaired) electrons. The summed E-state index contributed by atoms with van der Waals surface area (Å²) in [6.07, 6.45) is 11.7. The van der Waals surface area contributed by atoms with Crippen LogP contribution < -0.4 is 0 Å². The first-order valence-electron chi connectivity index (χ1n) is 9.97. The predicted octanol–water partition coefficient (Wildman–Crippen LogP) is 6.59. The van der Waals surface area contributed by atoms with Crippen molar-refractivity contribution in [2.75, 3.05) is 0 Å². The van der Waals surface area contributed by atoms with Crippen LogP contribution in [0.3, 0.4) is 0 Å². The number of Topliss-reactive ketones (excluding diaryl/α,β-unsaturated/α-hetero) is 1. The molecule has 1 heterocycles. The number of ketones is 1. The maximum absolute atomic E-state index is 13.2. The first-order chi connectivity index (χ1) is 13.4. The molecule has 3 nitrogen and oxygen atoms in total. The van der Waals surface area contributed by atoms with Gasteiger partial charge in [-0.1, -0.05) is 48.0 Å². The Bertz CT molecular complexity index is 772. The van der Waals surface area contributed by atoms with Crippen LogP contribution in [0.15, 0.2) is 64.2 Å². The molecule has 150 valence electrons. The van der Waals surface area contributed by atoms with Crippen LogP contribution in [-0.2, 0) is 9.53 Å². The van der Waals surface area contributed by atoms with Crippen LogP contribution >= 0.6 is 15.9 Å². The second-order valence-electron chi connectivity index (χ2n) is 7.35. The number of carbonyl (C=O) groups is 2. The Hall–Kier alpha value is -1.94. The Balaban J connectivity index is 2.41. The Kier molecular flexibility index (Phi) is 8.91. The third-order valence-corrected chi connectivity index (χ3v) is 5.40. The normalized spacial score (nSPS) is 26.8. The molecule has 0 saturated heterocycles. The number of halogens is 1. The van der Waals surface area contributed by atoms with Crippen molar-refractivity contribution in [3.8, 4) is 0 Å². The molecule has 0 spiro atoms. The van der Waals surface area contributed by atoms with E-state index in [1.165, 1.54) is 6.08 Å². The number of hydrogen-bond donors (Lipinski definition) is 0. The Morgan fingerprint density at radius 3 is 2.54 bits per heavy atom. The van der Waals surface area contributed by atoms with Gasteiger partial charge in [0.15, 0.2) is 5.78 Å². The highest BCUT2D eigenvalue weighted by Crippen LogP contribution is 2.24. The van der Waals surface area contributed by atoms with Gasteiger partial charge in [0.1, 0.15) is 6.10 Å². The first kappa shape index (κ1) is 22.4. The molecule has 0 saturated carbocycles. The molecule has 0 N–H and O–H groups in total. The molecular formula is C24H29BrO3. The molecule has 1 aromatic carbocycles. The fourth-order valence-corrected chi connectivity index (χ4v) is 3.41. The average Bonchev–Trinajstić information content (AvgIpc) is 2.66. The van der Waals surface area contributed by atoms with Crippen molar-refractivity contribution in [3.63, 3.8) is 0 Å². The number of benzene rings is 1. The minimum atomic E-state index is -0.391. The van der Waals surface area contributed by atoms with Crippen LogP contribution in [-0.4, -0.2) is 17.9 Å². The average molecular weight is 445 g/mol. The van der Waals surface area contributed by atoms with Gasteiger partial charge in [0.2, 0.25) is 0 Å². The van der Waals surface area contributed by atoms with E-state index >= 15 is 0 Å². The summed E-state index contributed by atoms with van der Waals surface area (Å²) < 4.78 is 6.41. The van der Waals surface area contributed by atoms with Crippen LogP contribution in [0.5, 0.6) is 0 Å². The lowest BCUT2D eigenvalue weighted by molar-refractivity contribution is -0.142. The van der Waals surface area contributed by atoms with Crippen LogP contribution in [0.4, 0.5) is 0 Å². The minimum Gasteiger partial charge on any atom is -0.459 e. The van der Waals surface area contributed by atoms with Crippen LogP contribution in [0.1, 0.15) is 63.2 Å². The van der Waals surface area contributed by atoms with Gasteiger partial charge in [-0.3, -0.25) is 4.79 Å². The number of ether oxygens (including phenoxy) is 1. The molecule has 1 aliphatic heterocycles. The highest BCUT2D eigenvalue weighted by molar-refractivity contribution is 9.10. The molecule has 0 fully saturated rings. The number of rotatable bonds is 3. The molecule has 0 unspecified atom stereocenters. The zero-order chi connectivity index (χ0) is 20.5. The highest BCUT2D eigenvalue weighted by Gasteiger charge is 2.18. The molecule has 1 aromatic rings. The van der Waals surface area contributed by atoms with Crippen LogP contribution in [0.25, 0.3) is 0 Å². The van der Waals surface area contributed by atoms with Crippen molar-refractivity contribution in [2.45, 2.75) is 59.0 Å². The maximum Gasteiger partial charge on any atom is 0.331 e. The van der Waals surface area contributed by atoms with E-state index in [-0.39, 0.29) is 11.9 Å². The summed E-state index contributed by atoms with van der Waals surface area (Å²) in [6, 6.07) is 7.33. The van der Waals surface area contributed by atoms with E-state index in [0.29, 0.717) is 29.9 Å². The second kappa shape index (κ2) is 11.2. The van der Waals surface area contributed by atoms with Gasteiger partial charge in [-0.15, -0.1) is 0 Å². The van der Waals surface area contributed by atoms with Gasteiger partial charge >= 0.3 is 5.97 Å². The van der Waals surface area contributed by atoms with Crippen molar-refractivity contribution >= 4 is 27.7 Å². The molecule has 2 atom stereocenters. The Morgan fingerprint density at radius 2 is 1.86 bits per heavy atom. The zero-order valence-corrected chi connectivity index (χ0v) is 18.5.